The lowest BCUT2D eigenvalue weighted by Crippen LogP contribution is -2.27. The molecule has 0 fully saturated rings. The topological polar surface area (TPSA) is 50.4 Å². The maximum Gasteiger partial charge on any atom is 0.221 e. The normalized spacial score (nSPS) is 10.3. The molecule has 0 heterocycles. The minimum atomic E-state index is 0.0936. The molecule has 0 aliphatic rings. The fraction of sp³-hybridized carbons (Fsp3) is 0.533. The summed E-state index contributed by atoms with van der Waals surface area (Å²) in [5.74, 6) is 1.53. The van der Waals surface area contributed by atoms with E-state index < -0.39 is 0 Å². The van der Waals surface area contributed by atoms with Gasteiger partial charge in [-0.25, -0.2) is 0 Å². The van der Waals surface area contributed by atoms with E-state index in [4.69, 9.17) is 4.74 Å². The van der Waals surface area contributed by atoms with Crippen molar-refractivity contribution in [3.8, 4) is 5.75 Å². The highest BCUT2D eigenvalue weighted by Gasteiger charge is 2.02. The van der Waals surface area contributed by atoms with Gasteiger partial charge in [0.2, 0.25) is 5.91 Å². The summed E-state index contributed by atoms with van der Waals surface area (Å²) in [6.45, 7) is 5.68. The van der Waals surface area contributed by atoms with Crippen molar-refractivity contribution in [2.75, 3.05) is 25.5 Å². The van der Waals surface area contributed by atoms with Crippen molar-refractivity contribution in [3.05, 3.63) is 24.3 Å². The van der Waals surface area contributed by atoms with E-state index >= 15 is 0 Å². The first-order valence-electron chi connectivity index (χ1n) is 6.76. The lowest BCUT2D eigenvalue weighted by Gasteiger charge is -2.09. The van der Waals surface area contributed by atoms with E-state index in [1.807, 2.05) is 24.3 Å². The number of hydrogen-bond donors (Lipinski definition) is 2. The van der Waals surface area contributed by atoms with Gasteiger partial charge in [-0.3, -0.25) is 4.79 Å². The Bertz CT molecular complexity index is 391. The molecule has 19 heavy (non-hydrogen) atoms. The van der Waals surface area contributed by atoms with Crippen LogP contribution in [0.1, 0.15) is 26.7 Å². The molecule has 1 amide bonds. The average Bonchev–Trinajstić information content (AvgIpc) is 2.38. The van der Waals surface area contributed by atoms with Crippen molar-refractivity contribution in [2.45, 2.75) is 26.7 Å². The molecule has 0 bridgehead atoms. The number of anilines is 1. The van der Waals surface area contributed by atoms with E-state index in [-0.39, 0.29) is 5.91 Å². The predicted octanol–water partition coefficient (Wildman–Crippen LogP) is 2.66. The zero-order valence-corrected chi connectivity index (χ0v) is 12.0. The molecule has 0 aromatic heterocycles. The molecule has 1 rings (SSSR count). The second-order valence-corrected chi connectivity index (χ2v) is 4.94. The summed E-state index contributed by atoms with van der Waals surface area (Å²) in [5.41, 5.74) is 0.967. The molecule has 0 radical (unpaired) electrons. The highest BCUT2D eigenvalue weighted by molar-refractivity contribution is 5.76. The number of carbonyl (C=O) groups is 1. The predicted molar refractivity (Wildman–Crippen MR) is 78.6 cm³/mol. The summed E-state index contributed by atoms with van der Waals surface area (Å²) in [7, 11) is 1.64. The summed E-state index contributed by atoms with van der Waals surface area (Å²) >= 11 is 0. The van der Waals surface area contributed by atoms with E-state index in [1.54, 1.807) is 7.11 Å². The summed E-state index contributed by atoms with van der Waals surface area (Å²) in [4.78, 5) is 11.6. The molecular formula is C15H24N2O2. The van der Waals surface area contributed by atoms with E-state index in [1.165, 1.54) is 0 Å². The Balaban J connectivity index is 2.20. The minimum Gasteiger partial charge on any atom is -0.497 e. The lowest BCUT2D eigenvalue weighted by molar-refractivity contribution is -0.120. The van der Waals surface area contributed by atoms with Crippen LogP contribution >= 0.6 is 0 Å². The lowest BCUT2D eigenvalue weighted by atomic mass is 10.1. The Kier molecular flexibility index (Phi) is 6.79. The fourth-order valence-electron chi connectivity index (χ4n) is 1.64. The minimum absolute atomic E-state index is 0.0936. The maximum absolute atomic E-state index is 11.6. The second kappa shape index (κ2) is 8.40. The first-order chi connectivity index (χ1) is 9.11. The Morgan fingerprint density at radius 1 is 1.32 bits per heavy atom. The van der Waals surface area contributed by atoms with Gasteiger partial charge in [-0.1, -0.05) is 19.9 Å². The highest BCUT2D eigenvalue weighted by Crippen LogP contribution is 2.16. The molecule has 106 valence electrons. The smallest absolute Gasteiger partial charge is 0.221 e. The van der Waals surface area contributed by atoms with E-state index in [2.05, 4.69) is 24.5 Å². The van der Waals surface area contributed by atoms with Crippen LogP contribution in [0.25, 0.3) is 0 Å². The molecule has 0 atom stereocenters. The Morgan fingerprint density at radius 2 is 2.11 bits per heavy atom. The van der Waals surface area contributed by atoms with Crippen LogP contribution < -0.4 is 15.4 Å². The first kappa shape index (κ1) is 15.3. The number of amides is 1. The summed E-state index contributed by atoms with van der Waals surface area (Å²) < 4.78 is 5.14. The summed E-state index contributed by atoms with van der Waals surface area (Å²) in [6, 6.07) is 7.68. The van der Waals surface area contributed by atoms with Gasteiger partial charge < -0.3 is 15.4 Å². The zero-order valence-electron chi connectivity index (χ0n) is 12.0. The van der Waals surface area contributed by atoms with Gasteiger partial charge in [0.1, 0.15) is 5.75 Å². The third-order valence-electron chi connectivity index (χ3n) is 2.79. The van der Waals surface area contributed by atoms with Crippen molar-refractivity contribution in [1.29, 1.82) is 0 Å². The van der Waals surface area contributed by atoms with Crippen LogP contribution in [-0.2, 0) is 4.79 Å². The largest absolute Gasteiger partial charge is 0.497 e. The number of hydrogen-bond acceptors (Lipinski definition) is 3. The molecular weight excluding hydrogens is 240 g/mol. The molecule has 0 unspecified atom stereocenters. The maximum atomic E-state index is 11.6. The molecule has 0 aliphatic carbocycles. The van der Waals surface area contributed by atoms with E-state index in [0.29, 0.717) is 18.9 Å². The molecule has 0 saturated carbocycles. The van der Waals surface area contributed by atoms with Crippen molar-refractivity contribution in [1.82, 2.24) is 5.32 Å². The Morgan fingerprint density at radius 3 is 2.79 bits per heavy atom. The van der Waals surface area contributed by atoms with Crippen LogP contribution in [-0.4, -0.2) is 26.1 Å². The van der Waals surface area contributed by atoms with Crippen LogP contribution in [0.2, 0.25) is 0 Å². The van der Waals surface area contributed by atoms with Crippen LogP contribution in [0.5, 0.6) is 5.75 Å². The van der Waals surface area contributed by atoms with Crippen molar-refractivity contribution in [3.63, 3.8) is 0 Å². The highest BCUT2D eigenvalue weighted by atomic mass is 16.5. The molecule has 1 aromatic rings. The number of carbonyl (C=O) groups excluding carboxylic acids is 1. The zero-order chi connectivity index (χ0) is 14.1. The van der Waals surface area contributed by atoms with Crippen molar-refractivity contribution in [2.24, 2.45) is 5.92 Å². The molecule has 0 spiro atoms. The van der Waals surface area contributed by atoms with Crippen LogP contribution in [0.3, 0.4) is 0 Å². The van der Waals surface area contributed by atoms with Gasteiger partial charge >= 0.3 is 0 Å². The summed E-state index contributed by atoms with van der Waals surface area (Å²) in [5, 5.41) is 6.13. The SMILES string of the molecule is COc1cccc(NCCC(=O)NCCC(C)C)c1. The van der Waals surface area contributed by atoms with Crippen molar-refractivity contribution >= 4 is 11.6 Å². The number of rotatable bonds is 8. The van der Waals surface area contributed by atoms with Crippen LogP contribution in [0, 0.1) is 5.92 Å². The molecule has 0 saturated heterocycles. The average molecular weight is 264 g/mol. The molecule has 4 heteroatoms. The van der Waals surface area contributed by atoms with Gasteiger partial charge in [0, 0.05) is 31.3 Å². The van der Waals surface area contributed by atoms with Crippen LogP contribution in [0.15, 0.2) is 24.3 Å². The number of methoxy groups -OCH3 is 1. The first-order valence-corrected chi connectivity index (χ1v) is 6.76. The van der Waals surface area contributed by atoms with Crippen LogP contribution in [0.4, 0.5) is 5.69 Å². The quantitative estimate of drug-likeness (QED) is 0.759. The third-order valence-corrected chi connectivity index (χ3v) is 2.79. The Hall–Kier alpha value is -1.71. The van der Waals surface area contributed by atoms with Gasteiger partial charge in [-0.05, 0) is 24.5 Å². The standard InChI is InChI=1S/C15H24N2O2/c1-12(2)7-9-17-15(18)8-10-16-13-5-4-6-14(11-13)19-3/h4-6,11-12,16H,7-10H2,1-3H3,(H,17,18). The molecule has 0 aliphatic heterocycles. The number of nitrogens with one attached hydrogen (secondary N) is 2. The molecule has 4 nitrogen and oxygen atoms in total. The Labute approximate surface area is 115 Å². The van der Waals surface area contributed by atoms with Gasteiger partial charge in [-0.15, -0.1) is 0 Å². The third kappa shape index (κ3) is 6.70. The summed E-state index contributed by atoms with van der Waals surface area (Å²) in [6.07, 6.45) is 1.50. The molecule has 1 aromatic carbocycles. The number of ether oxygens (including phenoxy) is 1. The van der Waals surface area contributed by atoms with Gasteiger partial charge in [0.15, 0.2) is 0 Å². The monoisotopic (exact) mass is 264 g/mol. The van der Waals surface area contributed by atoms with Crippen molar-refractivity contribution < 1.29 is 9.53 Å². The molecule has 2 N–H and O–H groups in total. The fourth-order valence-corrected chi connectivity index (χ4v) is 1.64. The van der Waals surface area contributed by atoms with E-state index in [0.717, 1.165) is 24.4 Å². The van der Waals surface area contributed by atoms with E-state index in [9.17, 15) is 4.79 Å². The number of benzene rings is 1. The van der Waals surface area contributed by atoms with Gasteiger partial charge in [0.25, 0.3) is 0 Å². The van der Waals surface area contributed by atoms with Gasteiger partial charge in [-0.2, -0.15) is 0 Å². The second-order valence-electron chi connectivity index (χ2n) is 4.94. The van der Waals surface area contributed by atoms with Gasteiger partial charge in [0.05, 0.1) is 7.11 Å².